The average molecular weight is 577 g/mol. The van der Waals surface area contributed by atoms with E-state index in [4.69, 9.17) is 14.2 Å². The fourth-order valence-corrected chi connectivity index (χ4v) is 4.59. The van der Waals surface area contributed by atoms with Gasteiger partial charge in [-0.3, -0.25) is 4.79 Å². The zero-order valence-corrected chi connectivity index (χ0v) is 25.5. The van der Waals surface area contributed by atoms with Gasteiger partial charge in [-0.25, -0.2) is 9.18 Å². The third-order valence-corrected chi connectivity index (χ3v) is 7.19. The molecule has 0 bridgehead atoms. The van der Waals surface area contributed by atoms with Crippen molar-refractivity contribution in [2.75, 3.05) is 13.2 Å². The summed E-state index contributed by atoms with van der Waals surface area (Å²) in [5, 5.41) is 0. The first-order chi connectivity index (χ1) is 20.3. The maximum absolute atomic E-state index is 14.7. The molecule has 3 rings (SSSR count). The second kappa shape index (κ2) is 17.4. The van der Waals surface area contributed by atoms with Gasteiger partial charge in [0.05, 0.1) is 23.8 Å². The summed E-state index contributed by atoms with van der Waals surface area (Å²) in [6, 6.07) is 18.8. The summed E-state index contributed by atoms with van der Waals surface area (Å²) in [7, 11) is 0. The van der Waals surface area contributed by atoms with Crippen LogP contribution in [0.3, 0.4) is 0 Å². The van der Waals surface area contributed by atoms with E-state index in [1.54, 1.807) is 19.1 Å². The minimum Gasteiger partial charge on any atom is -0.494 e. The van der Waals surface area contributed by atoms with Crippen molar-refractivity contribution in [3.05, 3.63) is 83.7 Å². The van der Waals surface area contributed by atoms with E-state index in [0.717, 1.165) is 36.0 Å². The van der Waals surface area contributed by atoms with Crippen LogP contribution < -0.4 is 9.47 Å². The van der Waals surface area contributed by atoms with Gasteiger partial charge < -0.3 is 14.2 Å². The Morgan fingerprint density at radius 3 is 1.95 bits per heavy atom. The molecule has 0 fully saturated rings. The van der Waals surface area contributed by atoms with E-state index in [2.05, 4.69) is 6.92 Å². The van der Waals surface area contributed by atoms with Crippen molar-refractivity contribution in [3.8, 4) is 22.6 Å². The third-order valence-electron chi connectivity index (χ3n) is 7.19. The van der Waals surface area contributed by atoms with Crippen molar-refractivity contribution in [2.24, 2.45) is 5.92 Å². The molecule has 0 aromatic heterocycles. The lowest BCUT2D eigenvalue weighted by Gasteiger charge is -2.13. The number of benzene rings is 3. The van der Waals surface area contributed by atoms with E-state index in [9.17, 15) is 14.0 Å². The van der Waals surface area contributed by atoms with Crippen LogP contribution >= 0.6 is 0 Å². The van der Waals surface area contributed by atoms with Crippen LogP contribution in [0.5, 0.6) is 11.5 Å². The van der Waals surface area contributed by atoms with Gasteiger partial charge in [-0.15, -0.1) is 0 Å². The average Bonchev–Trinajstić information content (AvgIpc) is 2.98. The Labute approximate surface area is 250 Å². The number of esters is 1. The van der Waals surface area contributed by atoms with Crippen LogP contribution in [0.25, 0.3) is 11.1 Å². The molecule has 1 atom stereocenters. The Bertz CT molecular complexity index is 1250. The lowest BCUT2D eigenvalue weighted by Crippen LogP contribution is -2.17. The highest BCUT2D eigenvalue weighted by molar-refractivity contribution is 5.98. The number of Topliss-reactive ketones (excluding diaryl/α,β-unsaturated/α-hetero) is 1. The fourth-order valence-electron chi connectivity index (χ4n) is 4.59. The molecule has 5 nitrogen and oxygen atoms in total. The minimum absolute atomic E-state index is 0.0228. The molecular weight excluding hydrogens is 531 g/mol. The molecule has 0 aliphatic carbocycles. The molecule has 6 heteroatoms. The molecule has 0 unspecified atom stereocenters. The van der Waals surface area contributed by atoms with E-state index in [1.165, 1.54) is 50.7 Å². The van der Waals surface area contributed by atoms with E-state index in [1.807, 2.05) is 50.2 Å². The Kier molecular flexibility index (Phi) is 13.7. The van der Waals surface area contributed by atoms with Crippen molar-refractivity contribution in [2.45, 2.75) is 85.2 Å². The number of hydrogen-bond acceptors (Lipinski definition) is 5. The van der Waals surface area contributed by atoms with Crippen molar-refractivity contribution < 1.29 is 28.2 Å². The molecule has 0 aliphatic heterocycles. The quantitative estimate of drug-likeness (QED) is 0.0653. The predicted octanol–water partition coefficient (Wildman–Crippen LogP) is 9.48. The van der Waals surface area contributed by atoms with Gasteiger partial charge in [0, 0.05) is 18.6 Å². The van der Waals surface area contributed by atoms with Crippen LogP contribution in [-0.4, -0.2) is 31.1 Å². The third kappa shape index (κ3) is 10.7. The number of carbonyl (C=O) groups excluding carboxylic acids is 2. The highest BCUT2D eigenvalue weighted by Gasteiger charge is 2.20. The smallest absolute Gasteiger partial charge is 0.343 e. The predicted molar refractivity (Wildman–Crippen MR) is 166 cm³/mol. The van der Waals surface area contributed by atoms with E-state index >= 15 is 0 Å². The number of carbonyl (C=O) groups is 2. The maximum atomic E-state index is 14.7. The number of halogens is 1. The molecule has 0 N–H and O–H groups in total. The van der Waals surface area contributed by atoms with Crippen molar-refractivity contribution in [1.82, 2.24) is 0 Å². The monoisotopic (exact) mass is 576 g/mol. The van der Waals surface area contributed by atoms with Crippen molar-refractivity contribution >= 4 is 11.8 Å². The zero-order valence-electron chi connectivity index (χ0n) is 25.5. The SMILES string of the molecule is CCCCCCCCCOc1ccc(-c2ccc(C(=O)Oc3ccc(C(=O)[C@H](C)CCOC(C)C)c(F)c3)cc2)cc1. The number of unbranched alkanes of at least 4 members (excludes halogenated alkanes) is 6. The van der Waals surface area contributed by atoms with Gasteiger partial charge in [-0.05, 0) is 74.2 Å². The lowest BCUT2D eigenvalue weighted by molar-refractivity contribution is 0.0639. The molecule has 0 saturated carbocycles. The number of ether oxygens (including phenoxy) is 3. The Hall–Kier alpha value is -3.51. The zero-order chi connectivity index (χ0) is 30.3. The number of hydrogen-bond donors (Lipinski definition) is 0. The van der Waals surface area contributed by atoms with Crippen LogP contribution in [0.2, 0.25) is 0 Å². The maximum Gasteiger partial charge on any atom is 0.343 e. The van der Waals surface area contributed by atoms with Crippen molar-refractivity contribution in [1.29, 1.82) is 0 Å². The highest BCUT2D eigenvalue weighted by Crippen LogP contribution is 2.25. The molecule has 0 heterocycles. The van der Waals surface area contributed by atoms with Gasteiger partial charge in [-0.1, -0.05) is 76.6 Å². The summed E-state index contributed by atoms with van der Waals surface area (Å²) in [6.07, 6.45) is 9.34. The normalized spacial score (nSPS) is 11.9. The van der Waals surface area contributed by atoms with Crippen molar-refractivity contribution in [3.63, 3.8) is 0 Å². The first-order valence-corrected chi connectivity index (χ1v) is 15.3. The first-order valence-electron chi connectivity index (χ1n) is 15.3. The lowest BCUT2D eigenvalue weighted by atomic mass is 9.96. The summed E-state index contributed by atoms with van der Waals surface area (Å²) < 4.78 is 31.5. The molecule has 226 valence electrons. The Balaban J connectivity index is 1.48. The molecule has 0 radical (unpaired) electrons. The second-order valence-electron chi connectivity index (χ2n) is 11.1. The summed E-state index contributed by atoms with van der Waals surface area (Å²) in [5.74, 6) is -1.12. The van der Waals surface area contributed by atoms with E-state index in [-0.39, 0.29) is 29.1 Å². The van der Waals surface area contributed by atoms with Crippen LogP contribution in [0.1, 0.15) is 99.8 Å². The van der Waals surface area contributed by atoms with Crippen LogP contribution in [0.15, 0.2) is 66.7 Å². The molecule has 3 aromatic carbocycles. The molecular formula is C36H45FO5. The summed E-state index contributed by atoms with van der Waals surface area (Å²) >= 11 is 0. The van der Waals surface area contributed by atoms with Gasteiger partial charge in [0.15, 0.2) is 5.78 Å². The topological polar surface area (TPSA) is 61.8 Å². The summed E-state index contributed by atoms with van der Waals surface area (Å²) in [4.78, 5) is 25.3. The highest BCUT2D eigenvalue weighted by atomic mass is 19.1. The fraction of sp³-hybridized carbons (Fsp3) is 0.444. The largest absolute Gasteiger partial charge is 0.494 e. The van der Waals surface area contributed by atoms with Crippen LogP contribution in [-0.2, 0) is 4.74 Å². The Morgan fingerprint density at radius 2 is 1.33 bits per heavy atom. The standard InChI is InChI=1S/C36H45FO5/c1-5-6-7-8-9-10-11-23-41-31-18-16-29(17-19-31)28-12-14-30(15-13-28)36(39)42-32-20-21-33(34(37)25-32)35(38)27(4)22-24-40-26(2)3/h12-21,25-27H,5-11,22-24H2,1-4H3/t27-/m1/s1. The van der Waals surface area contributed by atoms with Crippen LogP contribution in [0.4, 0.5) is 4.39 Å². The molecule has 3 aromatic rings. The van der Waals surface area contributed by atoms with Crippen LogP contribution in [0, 0.1) is 11.7 Å². The van der Waals surface area contributed by atoms with Gasteiger partial charge >= 0.3 is 5.97 Å². The van der Waals surface area contributed by atoms with Gasteiger partial charge in [0.1, 0.15) is 17.3 Å². The van der Waals surface area contributed by atoms with Gasteiger partial charge in [-0.2, -0.15) is 0 Å². The Morgan fingerprint density at radius 1 is 0.738 bits per heavy atom. The molecule has 0 saturated heterocycles. The van der Waals surface area contributed by atoms with Gasteiger partial charge in [0.2, 0.25) is 0 Å². The van der Waals surface area contributed by atoms with E-state index in [0.29, 0.717) is 18.6 Å². The number of rotatable bonds is 18. The molecule has 42 heavy (non-hydrogen) atoms. The summed E-state index contributed by atoms with van der Waals surface area (Å²) in [5.41, 5.74) is 2.27. The minimum atomic E-state index is -0.716. The number of ketones is 1. The molecule has 0 aliphatic rings. The van der Waals surface area contributed by atoms with Gasteiger partial charge in [0.25, 0.3) is 0 Å². The second-order valence-corrected chi connectivity index (χ2v) is 11.1. The molecule has 0 amide bonds. The van der Waals surface area contributed by atoms with E-state index < -0.39 is 11.8 Å². The molecule has 0 spiro atoms. The first kappa shape index (κ1) is 33.0. The summed E-state index contributed by atoms with van der Waals surface area (Å²) in [6.45, 7) is 8.99.